The Morgan fingerprint density at radius 2 is 2.07 bits per heavy atom. The van der Waals surface area contributed by atoms with Gasteiger partial charge in [0.1, 0.15) is 11.6 Å². The number of halogens is 1. The Labute approximate surface area is 160 Å². The normalized spacial score (nSPS) is 11.0. The fraction of sp³-hybridized carbons (Fsp3) is 0.211. The number of anilines is 1. The summed E-state index contributed by atoms with van der Waals surface area (Å²) < 4.78 is 5.22. The third-order valence-corrected chi connectivity index (χ3v) is 4.17. The molecule has 0 saturated carbocycles. The van der Waals surface area contributed by atoms with Crippen LogP contribution in [0.4, 0.5) is 5.69 Å². The Kier molecular flexibility index (Phi) is 5.73. The molecule has 2 N–H and O–H groups in total. The monoisotopic (exact) mass is 386 g/mol. The van der Waals surface area contributed by atoms with Gasteiger partial charge >= 0.3 is 0 Å². The Balaban J connectivity index is 1.67. The molecule has 0 saturated heterocycles. The fourth-order valence-electron chi connectivity index (χ4n) is 2.73. The predicted molar refractivity (Wildman–Crippen MR) is 105 cm³/mol. The van der Waals surface area contributed by atoms with Gasteiger partial charge < -0.3 is 15.0 Å². The van der Waals surface area contributed by atoms with Crippen LogP contribution in [0.5, 0.6) is 5.75 Å². The molecule has 1 aromatic heterocycles. The second-order valence-corrected chi connectivity index (χ2v) is 6.53. The molecule has 0 radical (unpaired) electrons. The van der Waals surface area contributed by atoms with Crippen LogP contribution in [0.15, 0.2) is 47.3 Å². The Bertz CT molecular complexity index is 1030. The van der Waals surface area contributed by atoms with Crippen LogP contribution < -0.4 is 15.6 Å². The van der Waals surface area contributed by atoms with Gasteiger partial charge in [0.15, 0.2) is 0 Å². The molecule has 0 bridgehead atoms. The first-order chi connectivity index (χ1) is 13.0. The smallest absolute Gasteiger partial charge is 0.258 e. The summed E-state index contributed by atoms with van der Waals surface area (Å²) >= 11 is 5.97. The molecule has 0 spiro atoms. The number of aromatic nitrogens is 2. The van der Waals surface area contributed by atoms with E-state index in [1.807, 2.05) is 6.07 Å². The molecule has 27 heavy (non-hydrogen) atoms. The van der Waals surface area contributed by atoms with Crippen molar-refractivity contribution in [1.29, 1.82) is 0 Å². The minimum Gasteiger partial charge on any atom is -0.495 e. The van der Waals surface area contributed by atoms with Gasteiger partial charge in [-0.3, -0.25) is 14.5 Å². The maximum Gasteiger partial charge on any atom is 0.258 e. The van der Waals surface area contributed by atoms with E-state index in [1.54, 1.807) is 48.3 Å². The van der Waals surface area contributed by atoms with Crippen LogP contribution in [0.3, 0.4) is 0 Å². The Hall–Kier alpha value is -2.90. The van der Waals surface area contributed by atoms with E-state index >= 15 is 0 Å². The summed E-state index contributed by atoms with van der Waals surface area (Å²) in [4.78, 5) is 33.4. The lowest BCUT2D eigenvalue weighted by Gasteiger charge is -2.17. The molecule has 0 atom stereocenters. The summed E-state index contributed by atoms with van der Waals surface area (Å²) in [5.41, 5.74) is 0.926. The summed E-state index contributed by atoms with van der Waals surface area (Å²) in [6.07, 6.45) is 0. The van der Waals surface area contributed by atoms with Crippen molar-refractivity contribution in [3.05, 3.63) is 63.7 Å². The van der Waals surface area contributed by atoms with Crippen LogP contribution >= 0.6 is 11.6 Å². The van der Waals surface area contributed by atoms with Gasteiger partial charge in [-0.25, -0.2) is 4.98 Å². The molecule has 0 unspecified atom stereocenters. The van der Waals surface area contributed by atoms with E-state index in [0.717, 1.165) is 0 Å². The van der Waals surface area contributed by atoms with Crippen molar-refractivity contribution in [2.75, 3.05) is 26.0 Å². The van der Waals surface area contributed by atoms with Crippen molar-refractivity contribution in [2.24, 2.45) is 0 Å². The number of aromatic amines is 1. The first-order valence-corrected chi connectivity index (χ1v) is 8.64. The van der Waals surface area contributed by atoms with E-state index in [1.165, 1.54) is 7.11 Å². The van der Waals surface area contributed by atoms with E-state index in [-0.39, 0.29) is 18.0 Å². The molecule has 3 rings (SSSR count). The number of nitrogens with zero attached hydrogens (tertiary/aromatic N) is 2. The number of hydrogen-bond acceptors (Lipinski definition) is 5. The van der Waals surface area contributed by atoms with Gasteiger partial charge in [-0.15, -0.1) is 0 Å². The predicted octanol–water partition coefficient (Wildman–Crippen LogP) is 2.66. The number of likely N-dealkylation sites (N-methyl/N-ethyl adjacent to an activating group) is 1. The summed E-state index contributed by atoms with van der Waals surface area (Å²) in [5, 5.41) is 3.81. The number of rotatable bonds is 6. The highest BCUT2D eigenvalue weighted by molar-refractivity contribution is 6.31. The molecule has 2 aromatic carbocycles. The molecule has 0 aliphatic carbocycles. The van der Waals surface area contributed by atoms with Crippen LogP contribution in [0.1, 0.15) is 5.82 Å². The maximum absolute atomic E-state index is 12.3. The van der Waals surface area contributed by atoms with Gasteiger partial charge in [-0.2, -0.15) is 0 Å². The highest BCUT2D eigenvalue weighted by Gasteiger charge is 2.12. The summed E-state index contributed by atoms with van der Waals surface area (Å²) in [7, 11) is 3.29. The van der Waals surface area contributed by atoms with Gasteiger partial charge in [0.25, 0.3) is 5.56 Å². The fourth-order valence-corrected chi connectivity index (χ4v) is 2.91. The van der Waals surface area contributed by atoms with E-state index in [9.17, 15) is 9.59 Å². The molecule has 8 heteroatoms. The average Bonchev–Trinajstić information content (AvgIpc) is 2.61. The molecular formula is C19H19ClN4O3. The highest BCUT2D eigenvalue weighted by Crippen LogP contribution is 2.27. The summed E-state index contributed by atoms with van der Waals surface area (Å²) in [6, 6.07) is 12.1. The largest absolute Gasteiger partial charge is 0.495 e. The Morgan fingerprint density at radius 3 is 2.85 bits per heavy atom. The Morgan fingerprint density at radius 1 is 1.30 bits per heavy atom. The molecule has 1 heterocycles. The molecule has 1 amide bonds. The van der Waals surface area contributed by atoms with E-state index in [2.05, 4.69) is 15.3 Å². The number of fused-ring (bicyclic) bond motifs is 1. The molecule has 0 aliphatic rings. The number of methoxy groups -OCH3 is 1. The third-order valence-electron chi connectivity index (χ3n) is 3.93. The van der Waals surface area contributed by atoms with Crippen molar-refractivity contribution >= 4 is 34.1 Å². The highest BCUT2D eigenvalue weighted by atomic mass is 35.5. The SMILES string of the molecule is COc1ccc(Cl)cc1NC(=O)CN(C)Cc1nc2ccccc2c(=O)[nH]1. The number of carbonyl (C=O) groups excluding carboxylic acids is 1. The van der Waals surface area contributed by atoms with Gasteiger partial charge in [-0.05, 0) is 37.4 Å². The minimum atomic E-state index is -0.235. The van der Waals surface area contributed by atoms with E-state index in [0.29, 0.717) is 39.7 Å². The minimum absolute atomic E-state index is 0.103. The zero-order valence-corrected chi connectivity index (χ0v) is 15.7. The van der Waals surface area contributed by atoms with Crippen LogP contribution in [0.25, 0.3) is 10.9 Å². The van der Waals surface area contributed by atoms with Gasteiger partial charge in [0.05, 0.1) is 36.8 Å². The summed E-state index contributed by atoms with van der Waals surface area (Å²) in [6.45, 7) is 0.423. The standard InChI is InChI=1S/C19H19ClN4O3/c1-24(10-17-21-14-6-4-3-5-13(14)19(26)23-17)11-18(25)22-15-9-12(20)7-8-16(15)27-2/h3-9H,10-11H2,1-2H3,(H,22,25)(H,21,23,26). The van der Waals surface area contributed by atoms with Crippen molar-refractivity contribution in [2.45, 2.75) is 6.54 Å². The quantitative estimate of drug-likeness (QED) is 0.680. The number of H-pyrrole nitrogens is 1. The lowest BCUT2D eigenvalue weighted by Crippen LogP contribution is -2.31. The van der Waals surface area contributed by atoms with Crippen LogP contribution in [0.2, 0.25) is 5.02 Å². The lowest BCUT2D eigenvalue weighted by molar-refractivity contribution is -0.117. The maximum atomic E-state index is 12.3. The lowest BCUT2D eigenvalue weighted by atomic mass is 10.2. The van der Waals surface area contributed by atoms with E-state index < -0.39 is 0 Å². The van der Waals surface area contributed by atoms with Crippen molar-refractivity contribution in [1.82, 2.24) is 14.9 Å². The van der Waals surface area contributed by atoms with Gasteiger partial charge in [0, 0.05) is 5.02 Å². The van der Waals surface area contributed by atoms with Crippen molar-refractivity contribution in [3.63, 3.8) is 0 Å². The average molecular weight is 387 g/mol. The van der Waals surface area contributed by atoms with Crippen molar-refractivity contribution < 1.29 is 9.53 Å². The molecule has 140 valence electrons. The molecular weight excluding hydrogens is 368 g/mol. The van der Waals surface area contributed by atoms with Gasteiger partial charge in [0.2, 0.25) is 5.91 Å². The van der Waals surface area contributed by atoms with Crippen LogP contribution in [-0.4, -0.2) is 41.5 Å². The topological polar surface area (TPSA) is 87.3 Å². The zero-order valence-electron chi connectivity index (χ0n) is 15.0. The van der Waals surface area contributed by atoms with Crippen molar-refractivity contribution in [3.8, 4) is 5.75 Å². The van der Waals surface area contributed by atoms with Crippen LogP contribution in [0, 0.1) is 0 Å². The zero-order chi connectivity index (χ0) is 19.4. The first kappa shape index (κ1) is 18.9. The first-order valence-electron chi connectivity index (χ1n) is 8.26. The second kappa shape index (κ2) is 8.20. The molecule has 0 aliphatic heterocycles. The number of carbonyl (C=O) groups is 1. The third kappa shape index (κ3) is 4.64. The van der Waals surface area contributed by atoms with Crippen LogP contribution in [-0.2, 0) is 11.3 Å². The molecule has 3 aromatic rings. The van der Waals surface area contributed by atoms with Gasteiger partial charge in [-0.1, -0.05) is 23.7 Å². The second-order valence-electron chi connectivity index (χ2n) is 6.09. The number of para-hydroxylation sites is 1. The number of ether oxygens (including phenoxy) is 1. The molecule has 7 nitrogen and oxygen atoms in total. The summed E-state index contributed by atoms with van der Waals surface area (Å²) in [5.74, 6) is 0.784. The number of nitrogens with one attached hydrogen (secondary N) is 2. The number of hydrogen-bond donors (Lipinski definition) is 2. The number of benzene rings is 2. The number of amides is 1. The van der Waals surface area contributed by atoms with E-state index in [4.69, 9.17) is 16.3 Å². The molecule has 0 fully saturated rings.